The molecule has 0 spiro atoms. The van der Waals surface area contributed by atoms with Crippen molar-refractivity contribution in [1.29, 1.82) is 5.26 Å². The maximum Gasteiger partial charge on any atom is 0.486 e. The summed E-state index contributed by atoms with van der Waals surface area (Å²) in [6.07, 6.45) is -6.63. The Labute approximate surface area is 173 Å². The first kappa shape index (κ1) is 23.0. The highest BCUT2D eigenvalue weighted by Crippen LogP contribution is 2.52. The molecule has 2 nitrogen and oxygen atoms in total. The van der Waals surface area contributed by atoms with Gasteiger partial charge in [-0.05, 0) is 37.9 Å². The Morgan fingerprint density at radius 3 is 2.14 bits per heavy atom. The third-order valence-electron chi connectivity index (χ3n) is 3.42. The summed E-state index contributed by atoms with van der Waals surface area (Å²) < 4.78 is 104. The molecule has 0 bridgehead atoms. The topological polar surface area (TPSA) is 46.8 Å². The summed E-state index contributed by atoms with van der Waals surface area (Å²) in [5, 5.41) is 3.19. The normalized spacial score (nSPS) is 13.9. The molecular formula is C16H5Br2F7NOS. The van der Waals surface area contributed by atoms with Gasteiger partial charge < -0.3 is 4.55 Å². The summed E-state index contributed by atoms with van der Waals surface area (Å²) in [6.45, 7) is 0. The van der Waals surface area contributed by atoms with E-state index in [0.717, 1.165) is 0 Å². The largest absolute Gasteiger partial charge is 0.606 e. The van der Waals surface area contributed by atoms with Crippen molar-refractivity contribution in [3.05, 3.63) is 50.9 Å². The van der Waals surface area contributed by atoms with Gasteiger partial charge in [0.15, 0.2) is 4.90 Å². The molecule has 1 unspecified atom stereocenters. The zero-order valence-corrected chi connectivity index (χ0v) is 17.0. The fourth-order valence-electron chi connectivity index (χ4n) is 2.11. The van der Waals surface area contributed by atoms with Crippen molar-refractivity contribution in [3.63, 3.8) is 0 Å². The van der Waals surface area contributed by atoms with Crippen LogP contribution in [0.4, 0.5) is 30.7 Å². The summed E-state index contributed by atoms with van der Waals surface area (Å²) in [7, 11) is 0. The first-order valence-corrected chi connectivity index (χ1v) is 9.64. The van der Waals surface area contributed by atoms with Crippen LogP contribution in [-0.4, -0.2) is 21.9 Å². The maximum absolute atomic E-state index is 14.0. The smallest absolute Gasteiger partial charge is 0.486 e. The fourth-order valence-corrected chi connectivity index (χ4v) is 4.98. The maximum atomic E-state index is 14.0. The molecule has 2 rings (SSSR count). The number of halogens is 9. The zero-order valence-electron chi connectivity index (χ0n) is 13.1. The van der Waals surface area contributed by atoms with E-state index in [1.54, 1.807) is 6.07 Å². The van der Waals surface area contributed by atoms with Crippen molar-refractivity contribution in [2.24, 2.45) is 0 Å². The quantitative estimate of drug-likeness (QED) is 0.324. The van der Waals surface area contributed by atoms with Gasteiger partial charge >= 0.3 is 17.4 Å². The molecule has 12 heteroatoms. The van der Waals surface area contributed by atoms with Crippen molar-refractivity contribution in [2.45, 2.75) is 22.2 Å². The van der Waals surface area contributed by atoms with Gasteiger partial charge in [0.25, 0.3) is 0 Å². The number of hydrogen-bond donors (Lipinski definition) is 0. The highest BCUT2D eigenvalue weighted by atomic mass is 79.9. The van der Waals surface area contributed by atoms with E-state index in [4.69, 9.17) is 0 Å². The molecule has 0 aliphatic carbocycles. The molecule has 0 aliphatic rings. The molecule has 2 aromatic carbocycles. The highest BCUT2D eigenvalue weighted by Gasteiger charge is 2.80. The first-order chi connectivity index (χ1) is 12.8. The first-order valence-electron chi connectivity index (χ1n) is 6.90. The standard InChI is InChI=1S/C16H5Br2F7NOS/c17-9-5-11(18)13(10-4-2-1-3-8(10)7-26)12(6-9)28(27)16(24,25)14(19,20)15(21,22)23/h1-4,6H. The summed E-state index contributed by atoms with van der Waals surface area (Å²) in [5.41, 5.74) is -0.630. The molecule has 0 saturated carbocycles. The Bertz CT molecular complexity index is 944. The predicted octanol–water partition coefficient (Wildman–Crippen LogP) is 6.45. The highest BCUT2D eigenvalue weighted by molar-refractivity contribution is 9.11. The van der Waals surface area contributed by atoms with Gasteiger partial charge in [-0.25, -0.2) is 0 Å². The van der Waals surface area contributed by atoms with Gasteiger partial charge in [0.05, 0.1) is 28.4 Å². The summed E-state index contributed by atoms with van der Waals surface area (Å²) in [5.74, 6) is -6.56. The lowest BCUT2D eigenvalue weighted by Gasteiger charge is -2.29. The monoisotopic (exact) mass is 550 g/mol. The van der Waals surface area contributed by atoms with Crippen LogP contribution in [0.25, 0.3) is 11.1 Å². The van der Waals surface area contributed by atoms with Crippen molar-refractivity contribution < 1.29 is 35.3 Å². The molecule has 0 saturated heterocycles. The SMILES string of the molecule is N#Cc1ccccc1-c1c(Br)[c]c(Br)cc1[S+]([O-])C(F)(F)C(F)(F)C(F)(F)F. The Hall–Kier alpha value is -1.29. The summed E-state index contributed by atoms with van der Waals surface area (Å²) in [6, 6.07) is 10.3. The van der Waals surface area contributed by atoms with Gasteiger partial charge in [-0.2, -0.15) is 27.2 Å². The molecule has 0 aliphatic heterocycles. The number of hydrogen-bond acceptors (Lipinski definition) is 2. The van der Waals surface area contributed by atoms with E-state index in [-0.39, 0.29) is 20.1 Å². The average Bonchev–Trinajstić information content (AvgIpc) is 2.59. The van der Waals surface area contributed by atoms with Crippen LogP contribution in [0, 0.1) is 17.4 Å². The molecule has 0 heterocycles. The molecule has 1 radical (unpaired) electrons. The van der Waals surface area contributed by atoms with Crippen LogP contribution in [0.1, 0.15) is 5.56 Å². The fraction of sp³-hybridized carbons (Fsp3) is 0.188. The average molecular weight is 552 g/mol. The molecule has 1 atom stereocenters. The van der Waals surface area contributed by atoms with E-state index in [1.807, 2.05) is 0 Å². The predicted molar refractivity (Wildman–Crippen MR) is 93.2 cm³/mol. The number of benzene rings is 2. The second-order valence-corrected chi connectivity index (χ2v) is 8.32. The Morgan fingerprint density at radius 1 is 1.04 bits per heavy atom. The van der Waals surface area contributed by atoms with E-state index >= 15 is 0 Å². The molecule has 0 N–H and O–H groups in total. The van der Waals surface area contributed by atoms with Crippen LogP contribution in [0.3, 0.4) is 0 Å². The van der Waals surface area contributed by atoms with Crippen molar-refractivity contribution in [2.75, 3.05) is 0 Å². The Balaban J connectivity index is 2.78. The third kappa shape index (κ3) is 3.90. The van der Waals surface area contributed by atoms with Gasteiger partial charge in [0, 0.05) is 26.6 Å². The molecule has 28 heavy (non-hydrogen) atoms. The van der Waals surface area contributed by atoms with E-state index in [1.165, 1.54) is 24.3 Å². The number of rotatable bonds is 4. The van der Waals surface area contributed by atoms with Gasteiger partial charge in [0.2, 0.25) is 0 Å². The number of alkyl halides is 7. The zero-order chi connectivity index (χ0) is 21.5. The van der Waals surface area contributed by atoms with E-state index in [0.29, 0.717) is 6.07 Å². The van der Waals surface area contributed by atoms with Crippen LogP contribution >= 0.6 is 31.9 Å². The third-order valence-corrected chi connectivity index (χ3v) is 5.89. The van der Waals surface area contributed by atoms with Crippen molar-refractivity contribution >= 4 is 43.0 Å². The van der Waals surface area contributed by atoms with Gasteiger partial charge in [-0.3, -0.25) is 0 Å². The molecular weight excluding hydrogens is 547 g/mol. The summed E-state index contributed by atoms with van der Waals surface area (Å²) >= 11 is 1.63. The summed E-state index contributed by atoms with van der Waals surface area (Å²) in [4.78, 5) is -1.03. The lowest BCUT2D eigenvalue weighted by atomic mass is 10.0. The van der Waals surface area contributed by atoms with Gasteiger partial charge in [0.1, 0.15) is 0 Å². The molecule has 149 valence electrons. The molecule has 0 amide bonds. The second-order valence-electron chi connectivity index (χ2n) is 5.19. The van der Waals surface area contributed by atoms with E-state index in [9.17, 15) is 40.5 Å². The number of nitriles is 1. The lowest BCUT2D eigenvalue weighted by Crippen LogP contribution is -2.56. The lowest BCUT2D eigenvalue weighted by molar-refractivity contribution is -0.332. The van der Waals surface area contributed by atoms with Crippen LogP contribution < -0.4 is 0 Å². The molecule has 2 aromatic rings. The molecule has 0 aromatic heterocycles. The Morgan fingerprint density at radius 2 is 1.61 bits per heavy atom. The van der Waals surface area contributed by atoms with E-state index < -0.39 is 39.0 Å². The van der Waals surface area contributed by atoms with Crippen molar-refractivity contribution in [1.82, 2.24) is 0 Å². The van der Waals surface area contributed by atoms with E-state index in [2.05, 4.69) is 37.9 Å². The second kappa shape index (κ2) is 7.85. The number of nitrogens with zero attached hydrogens (tertiary/aromatic N) is 1. The minimum atomic E-state index is -6.63. The van der Waals surface area contributed by atoms with Crippen LogP contribution in [0.15, 0.2) is 44.2 Å². The van der Waals surface area contributed by atoms with Crippen LogP contribution in [0.2, 0.25) is 0 Å². The minimum absolute atomic E-state index is 0.102. The minimum Gasteiger partial charge on any atom is -0.606 e. The van der Waals surface area contributed by atoms with Gasteiger partial charge in [-0.15, -0.1) is 8.78 Å². The Kier molecular flexibility index (Phi) is 6.45. The van der Waals surface area contributed by atoms with Gasteiger partial charge in [-0.1, -0.05) is 18.2 Å². The van der Waals surface area contributed by atoms with Crippen molar-refractivity contribution in [3.8, 4) is 17.2 Å². The van der Waals surface area contributed by atoms with Crippen LogP contribution in [-0.2, 0) is 11.2 Å². The van der Waals surface area contributed by atoms with Crippen LogP contribution in [0.5, 0.6) is 0 Å². The molecule has 0 fully saturated rings.